The molecule has 0 atom stereocenters. The average molecular weight is 287 g/mol. The van der Waals surface area contributed by atoms with Crippen molar-refractivity contribution in [2.24, 2.45) is 0 Å². The van der Waals surface area contributed by atoms with Gasteiger partial charge in [-0.2, -0.15) is 0 Å². The number of aromatic nitrogens is 1. The third-order valence-electron chi connectivity index (χ3n) is 3.90. The second-order valence-corrected chi connectivity index (χ2v) is 5.29. The van der Waals surface area contributed by atoms with E-state index >= 15 is 0 Å². The molecule has 0 radical (unpaired) electrons. The topological polar surface area (TPSA) is 15.8 Å². The number of fused-ring (bicyclic) bond motifs is 1. The van der Waals surface area contributed by atoms with E-state index in [1.165, 1.54) is 12.1 Å². The van der Waals surface area contributed by atoms with Crippen LogP contribution < -0.4 is 0 Å². The lowest BCUT2D eigenvalue weighted by Gasteiger charge is -2.06. The van der Waals surface area contributed by atoms with Crippen molar-refractivity contribution in [2.75, 3.05) is 0 Å². The number of para-hydroxylation sites is 1. The van der Waals surface area contributed by atoms with Gasteiger partial charge in [-0.1, -0.05) is 60.7 Å². The van der Waals surface area contributed by atoms with Crippen LogP contribution in [0.3, 0.4) is 0 Å². The summed E-state index contributed by atoms with van der Waals surface area (Å²) in [4.78, 5) is 3.50. The number of H-pyrrole nitrogens is 1. The molecule has 0 saturated carbocycles. The molecular weight excluding hydrogens is 273 g/mol. The Labute approximate surface area is 128 Å². The van der Waals surface area contributed by atoms with E-state index in [1.807, 2.05) is 42.5 Å². The van der Waals surface area contributed by atoms with Gasteiger partial charge >= 0.3 is 0 Å². The molecule has 2 heteroatoms. The van der Waals surface area contributed by atoms with Gasteiger partial charge in [-0.15, -0.1) is 0 Å². The second-order valence-electron chi connectivity index (χ2n) is 5.29. The van der Waals surface area contributed by atoms with E-state index in [0.717, 1.165) is 33.3 Å². The highest BCUT2D eigenvalue weighted by molar-refractivity contribution is 6.03. The summed E-state index contributed by atoms with van der Waals surface area (Å²) in [6.07, 6.45) is 0. The van der Waals surface area contributed by atoms with Crippen molar-refractivity contribution in [1.29, 1.82) is 0 Å². The van der Waals surface area contributed by atoms with E-state index in [0.29, 0.717) is 0 Å². The van der Waals surface area contributed by atoms with Crippen molar-refractivity contribution in [3.63, 3.8) is 0 Å². The standard InChI is InChI=1S/C20H14FN/c21-16-12-10-14(11-13-16)19-17-8-4-5-9-18(17)22-20(19)15-6-2-1-3-7-15/h1-13,22H. The van der Waals surface area contributed by atoms with Crippen LogP contribution in [-0.2, 0) is 0 Å². The highest BCUT2D eigenvalue weighted by Crippen LogP contribution is 2.38. The summed E-state index contributed by atoms with van der Waals surface area (Å²) in [5.74, 6) is -0.218. The molecular formula is C20H14FN. The van der Waals surface area contributed by atoms with Crippen molar-refractivity contribution in [3.8, 4) is 22.4 Å². The lowest BCUT2D eigenvalue weighted by atomic mass is 9.98. The Morgan fingerprint density at radius 3 is 2.09 bits per heavy atom. The van der Waals surface area contributed by atoms with E-state index < -0.39 is 0 Å². The molecule has 1 heterocycles. The van der Waals surface area contributed by atoms with Crippen LogP contribution >= 0.6 is 0 Å². The number of rotatable bonds is 2. The molecule has 4 rings (SSSR count). The Morgan fingerprint density at radius 2 is 1.32 bits per heavy atom. The van der Waals surface area contributed by atoms with E-state index in [2.05, 4.69) is 29.2 Å². The van der Waals surface area contributed by atoms with Gasteiger partial charge in [0.15, 0.2) is 0 Å². The van der Waals surface area contributed by atoms with Crippen LogP contribution in [0, 0.1) is 5.82 Å². The zero-order valence-electron chi connectivity index (χ0n) is 11.9. The van der Waals surface area contributed by atoms with Gasteiger partial charge in [-0.25, -0.2) is 4.39 Å². The lowest BCUT2D eigenvalue weighted by molar-refractivity contribution is 0.628. The highest BCUT2D eigenvalue weighted by Gasteiger charge is 2.14. The molecule has 0 fully saturated rings. The number of benzene rings is 3. The van der Waals surface area contributed by atoms with Gasteiger partial charge in [-0.3, -0.25) is 0 Å². The summed E-state index contributed by atoms with van der Waals surface area (Å²) in [5.41, 5.74) is 5.40. The van der Waals surface area contributed by atoms with Gasteiger partial charge in [0.25, 0.3) is 0 Å². The molecule has 0 aliphatic carbocycles. The maximum Gasteiger partial charge on any atom is 0.123 e. The molecule has 0 bridgehead atoms. The predicted octanol–water partition coefficient (Wildman–Crippen LogP) is 5.64. The molecule has 3 aromatic carbocycles. The Hall–Kier alpha value is -2.87. The molecule has 0 aliphatic rings. The summed E-state index contributed by atoms with van der Waals surface area (Å²) in [6.45, 7) is 0. The number of nitrogens with one attached hydrogen (secondary N) is 1. The van der Waals surface area contributed by atoms with Gasteiger partial charge in [0.1, 0.15) is 5.82 Å². The summed E-state index contributed by atoms with van der Waals surface area (Å²) >= 11 is 0. The van der Waals surface area contributed by atoms with E-state index in [-0.39, 0.29) is 5.82 Å². The van der Waals surface area contributed by atoms with Crippen LogP contribution in [0.15, 0.2) is 78.9 Å². The smallest absolute Gasteiger partial charge is 0.123 e. The maximum atomic E-state index is 13.3. The monoisotopic (exact) mass is 287 g/mol. The zero-order chi connectivity index (χ0) is 14.9. The molecule has 0 amide bonds. The first-order chi connectivity index (χ1) is 10.8. The van der Waals surface area contributed by atoms with Crippen molar-refractivity contribution in [3.05, 3.63) is 84.7 Å². The van der Waals surface area contributed by atoms with Crippen molar-refractivity contribution in [2.45, 2.75) is 0 Å². The van der Waals surface area contributed by atoms with Crippen molar-refractivity contribution < 1.29 is 4.39 Å². The van der Waals surface area contributed by atoms with Gasteiger partial charge in [0.2, 0.25) is 0 Å². The molecule has 0 saturated heterocycles. The van der Waals surface area contributed by atoms with Crippen LogP contribution in [0.5, 0.6) is 0 Å². The Balaban J connectivity index is 2.04. The molecule has 0 unspecified atom stereocenters. The third kappa shape index (κ3) is 2.09. The molecule has 0 spiro atoms. The maximum absolute atomic E-state index is 13.3. The number of halogens is 1. The average Bonchev–Trinajstić information content (AvgIpc) is 2.96. The van der Waals surface area contributed by atoms with Crippen LogP contribution in [0.25, 0.3) is 33.3 Å². The minimum absolute atomic E-state index is 0.218. The van der Waals surface area contributed by atoms with Gasteiger partial charge < -0.3 is 4.98 Å². The number of hydrogen-bond donors (Lipinski definition) is 1. The minimum atomic E-state index is -0.218. The van der Waals surface area contributed by atoms with Crippen molar-refractivity contribution in [1.82, 2.24) is 4.98 Å². The third-order valence-corrected chi connectivity index (χ3v) is 3.90. The first kappa shape index (κ1) is 12.8. The fraction of sp³-hybridized carbons (Fsp3) is 0. The van der Waals surface area contributed by atoms with Gasteiger partial charge in [0, 0.05) is 16.5 Å². The summed E-state index contributed by atoms with van der Waals surface area (Å²) in [6, 6.07) is 25.1. The first-order valence-corrected chi connectivity index (χ1v) is 7.25. The van der Waals surface area contributed by atoms with E-state index in [4.69, 9.17) is 0 Å². The molecule has 1 nitrogen and oxygen atoms in total. The number of hydrogen-bond acceptors (Lipinski definition) is 0. The molecule has 106 valence electrons. The molecule has 4 aromatic rings. The molecule has 22 heavy (non-hydrogen) atoms. The second kappa shape index (κ2) is 5.15. The first-order valence-electron chi connectivity index (χ1n) is 7.25. The van der Waals surface area contributed by atoms with Crippen molar-refractivity contribution >= 4 is 10.9 Å². The lowest BCUT2D eigenvalue weighted by Crippen LogP contribution is -1.83. The Kier molecular flexibility index (Phi) is 3.01. The summed E-state index contributed by atoms with van der Waals surface area (Å²) < 4.78 is 13.3. The SMILES string of the molecule is Fc1ccc(-c2c(-c3ccccc3)[nH]c3ccccc23)cc1. The Morgan fingerprint density at radius 1 is 0.636 bits per heavy atom. The Bertz CT molecular complexity index is 921. The van der Waals surface area contributed by atoms with E-state index in [1.54, 1.807) is 0 Å². The zero-order valence-corrected chi connectivity index (χ0v) is 11.9. The largest absolute Gasteiger partial charge is 0.354 e. The molecule has 0 aliphatic heterocycles. The predicted molar refractivity (Wildman–Crippen MR) is 89.1 cm³/mol. The van der Waals surface area contributed by atoms with Crippen LogP contribution in [0.4, 0.5) is 4.39 Å². The molecule has 1 N–H and O–H groups in total. The van der Waals surface area contributed by atoms with Gasteiger partial charge in [0.05, 0.1) is 5.69 Å². The normalized spacial score (nSPS) is 11.0. The number of aromatic amines is 1. The van der Waals surface area contributed by atoms with Crippen LogP contribution in [-0.4, -0.2) is 4.98 Å². The van der Waals surface area contributed by atoms with E-state index in [9.17, 15) is 4.39 Å². The molecule has 1 aromatic heterocycles. The van der Waals surface area contributed by atoms with Gasteiger partial charge in [-0.05, 0) is 29.3 Å². The fourth-order valence-corrected chi connectivity index (χ4v) is 2.88. The van der Waals surface area contributed by atoms with Crippen LogP contribution in [0.2, 0.25) is 0 Å². The quantitative estimate of drug-likeness (QED) is 0.491. The summed E-state index contributed by atoms with van der Waals surface area (Å²) in [7, 11) is 0. The van der Waals surface area contributed by atoms with Crippen LogP contribution in [0.1, 0.15) is 0 Å². The fourth-order valence-electron chi connectivity index (χ4n) is 2.88. The minimum Gasteiger partial charge on any atom is -0.354 e. The highest BCUT2D eigenvalue weighted by atomic mass is 19.1. The summed E-state index contributed by atoms with van der Waals surface area (Å²) in [5, 5.41) is 1.15.